The minimum Gasteiger partial charge on any atom is -0.452 e. The highest BCUT2D eigenvalue weighted by Crippen LogP contribution is 2.45. The van der Waals surface area contributed by atoms with E-state index in [4.69, 9.17) is 9.26 Å². The van der Waals surface area contributed by atoms with Crippen LogP contribution in [-0.2, 0) is 27.0 Å². The molecule has 6 heteroatoms. The van der Waals surface area contributed by atoms with Gasteiger partial charge in [0.15, 0.2) is 0 Å². The van der Waals surface area contributed by atoms with Crippen LogP contribution in [0.4, 0.5) is 4.79 Å². The van der Waals surface area contributed by atoms with Gasteiger partial charge in [0, 0.05) is 0 Å². The van der Waals surface area contributed by atoms with Gasteiger partial charge in [-0.15, -0.1) is 0 Å². The average molecular weight is 306 g/mol. The van der Waals surface area contributed by atoms with E-state index in [9.17, 15) is 14.3 Å². The number of carbonyl (C=O) groups excluding carboxylic acids is 1. The Morgan fingerprint density at radius 1 is 0.905 bits per heavy atom. The van der Waals surface area contributed by atoms with Crippen molar-refractivity contribution in [2.45, 2.75) is 13.2 Å². The minimum atomic E-state index is -4.45. The van der Waals surface area contributed by atoms with Crippen LogP contribution in [0.1, 0.15) is 11.1 Å². The Kier molecular flexibility index (Phi) is 5.28. The first-order chi connectivity index (χ1) is 10.1. The van der Waals surface area contributed by atoms with E-state index in [1.807, 2.05) is 12.1 Å². The zero-order valence-corrected chi connectivity index (χ0v) is 12.1. The van der Waals surface area contributed by atoms with Crippen molar-refractivity contribution < 1.29 is 23.5 Å². The molecule has 2 aromatic rings. The average Bonchev–Trinajstić information content (AvgIpc) is 2.52. The maximum atomic E-state index is 11.8. The lowest BCUT2D eigenvalue weighted by molar-refractivity contribution is 0.149. The van der Waals surface area contributed by atoms with Crippen LogP contribution in [0.2, 0.25) is 0 Å². The summed E-state index contributed by atoms with van der Waals surface area (Å²) < 4.78 is 21.4. The molecule has 5 nitrogen and oxygen atoms in total. The van der Waals surface area contributed by atoms with E-state index < -0.39 is 13.3 Å². The van der Waals surface area contributed by atoms with Crippen LogP contribution in [0.5, 0.6) is 0 Å². The zero-order chi connectivity index (χ0) is 15.1. The molecule has 110 valence electrons. The van der Waals surface area contributed by atoms with Crippen molar-refractivity contribution in [3.05, 3.63) is 71.8 Å². The number of carbonyl (C=O) groups is 1. The Balaban J connectivity index is 1.87. The van der Waals surface area contributed by atoms with E-state index in [1.54, 1.807) is 48.5 Å². The van der Waals surface area contributed by atoms with E-state index in [2.05, 4.69) is 0 Å². The number of hydrogen-bond acceptors (Lipinski definition) is 4. The van der Waals surface area contributed by atoms with Gasteiger partial charge < -0.3 is 9.63 Å². The molecule has 0 aliphatic heterocycles. The van der Waals surface area contributed by atoms with Gasteiger partial charge in [-0.1, -0.05) is 60.7 Å². The van der Waals surface area contributed by atoms with Gasteiger partial charge in [0.05, 0.1) is 6.61 Å². The second-order valence-electron chi connectivity index (χ2n) is 4.32. The Labute approximate surface area is 122 Å². The van der Waals surface area contributed by atoms with Crippen molar-refractivity contribution >= 4 is 13.3 Å². The Hall–Kier alpha value is -1.94. The maximum Gasteiger partial charge on any atom is 0.436 e. The van der Waals surface area contributed by atoms with Gasteiger partial charge in [-0.3, -0.25) is 4.52 Å². The molecule has 0 radical (unpaired) electrons. The third-order valence-corrected chi connectivity index (χ3v) is 3.75. The Morgan fingerprint density at radius 2 is 1.38 bits per heavy atom. The maximum absolute atomic E-state index is 11.8. The molecule has 2 rings (SSSR count). The third-order valence-electron chi connectivity index (χ3n) is 2.68. The third kappa shape index (κ3) is 4.83. The summed E-state index contributed by atoms with van der Waals surface area (Å²) in [6.45, 7) is -0.200. The molecule has 21 heavy (non-hydrogen) atoms. The molecule has 0 fully saturated rings. The summed E-state index contributed by atoms with van der Waals surface area (Å²) in [6, 6.07) is 17.7. The van der Waals surface area contributed by atoms with Gasteiger partial charge in [-0.05, 0) is 11.1 Å². The highest BCUT2D eigenvalue weighted by atomic mass is 31.2. The molecular formula is C15H15O5P. The highest BCUT2D eigenvalue weighted by molar-refractivity contribution is 7.70. The lowest BCUT2D eigenvalue weighted by Crippen LogP contribution is -2.06. The lowest BCUT2D eigenvalue weighted by atomic mass is 10.2. The van der Waals surface area contributed by atoms with E-state index in [-0.39, 0.29) is 13.2 Å². The van der Waals surface area contributed by atoms with Gasteiger partial charge in [0.2, 0.25) is 0 Å². The summed E-state index contributed by atoms with van der Waals surface area (Å²) in [5.74, 6) is 0. The molecule has 0 heterocycles. The quantitative estimate of drug-likeness (QED) is 0.823. The molecule has 0 aliphatic carbocycles. The topological polar surface area (TPSA) is 72.8 Å². The van der Waals surface area contributed by atoms with Crippen molar-refractivity contribution in [2.24, 2.45) is 0 Å². The van der Waals surface area contributed by atoms with Crippen LogP contribution in [0.3, 0.4) is 0 Å². The van der Waals surface area contributed by atoms with E-state index in [1.165, 1.54) is 0 Å². The predicted molar refractivity (Wildman–Crippen MR) is 77.7 cm³/mol. The van der Waals surface area contributed by atoms with Gasteiger partial charge in [-0.25, -0.2) is 9.36 Å². The molecule has 0 saturated carbocycles. The fraction of sp³-hybridized carbons (Fsp3) is 0.133. The van der Waals surface area contributed by atoms with E-state index in [0.29, 0.717) is 5.56 Å². The van der Waals surface area contributed by atoms with E-state index >= 15 is 0 Å². The predicted octanol–water partition coefficient (Wildman–Crippen LogP) is 3.73. The molecule has 2 aromatic carbocycles. The minimum absolute atomic E-state index is 0.0705. The number of hydrogen-bond donors (Lipinski definition) is 1. The molecule has 0 aliphatic rings. The standard InChI is InChI=1S/C15H15O5P/c16-15(19-11-13-7-3-1-4-8-13)21(17,18)20-12-14-9-5-2-6-10-14/h1-10H,11-12H2,(H,17,18). The normalized spacial score (nSPS) is 13.4. The molecule has 1 atom stereocenters. The second-order valence-corrected chi connectivity index (χ2v) is 5.98. The van der Waals surface area contributed by atoms with Gasteiger partial charge in [0.25, 0.3) is 0 Å². The van der Waals surface area contributed by atoms with Crippen molar-refractivity contribution in [1.82, 2.24) is 0 Å². The number of ether oxygens (including phenoxy) is 1. The fourth-order valence-corrected chi connectivity index (χ4v) is 2.25. The van der Waals surface area contributed by atoms with E-state index in [0.717, 1.165) is 5.56 Å². The first kappa shape index (κ1) is 15.4. The summed E-state index contributed by atoms with van der Waals surface area (Å²) in [4.78, 5) is 21.2. The first-order valence-corrected chi connectivity index (χ1v) is 7.88. The molecule has 0 spiro atoms. The lowest BCUT2D eigenvalue weighted by Gasteiger charge is -2.11. The Bertz CT molecular complexity index is 627. The second kappa shape index (κ2) is 7.18. The first-order valence-electron chi connectivity index (χ1n) is 6.30. The van der Waals surface area contributed by atoms with Gasteiger partial charge in [0.1, 0.15) is 6.61 Å². The monoisotopic (exact) mass is 306 g/mol. The van der Waals surface area contributed by atoms with Crippen molar-refractivity contribution in [1.29, 1.82) is 0 Å². The van der Waals surface area contributed by atoms with Crippen molar-refractivity contribution in [3.8, 4) is 0 Å². The molecule has 0 bridgehead atoms. The molecular weight excluding hydrogens is 291 g/mol. The molecule has 1 unspecified atom stereocenters. The van der Waals surface area contributed by atoms with Gasteiger partial charge >= 0.3 is 13.3 Å². The summed E-state index contributed by atoms with van der Waals surface area (Å²) in [5, 5.41) is 0. The van der Waals surface area contributed by atoms with Crippen molar-refractivity contribution in [2.75, 3.05) is 0 Å². The number of benzene rings is 2. The fourth-order valence-electron chi connectivity index (χ4n) is 1.59. The van der Waals surface area contributed by atoms with Crippen LogP contribution in [0.15, 0.2) is 60.7 Å². The Morgan fingerprint density at radius 3 is 1.90 bits per heavy atom. The molecule has 1 N–H and O–H groups in total. The molecule has 0 aromatic heterocycles. The SMILES string of the molecule is O=C(OCc1ccccc1)P(=O)(O)OCc1ccccc1. The summed E-state index contributed by atoms with van der Waals surface area (Å²) >= 11 is 0. The smallest absolute Gasteiger partial charge is 0.436 e. The van der Waals surface area contributed by atoms with Gasteiger partial charge in [-0.2, -0.15) is 0 Å². The van der Waals surface area contributed by atoms with Crippen LogP contribution in [0, 0.1) is 0 Å². The van der Waals surface area contributed by atoms with Crippen LogP contribution >= 0.6 is 7.60 Å². The summed E-state index contributed by atoms with van der Waals surface area (Å²) in [5.41, 5.74) is 0.179. The van der Waals surface area contributed by atoms with Crippen LogP contribution < -0.4 is 0 Å². The van der Waals surface area contributed by atoms with Crippen molar-refractivity contribution in [3.63, 3.8) is 0 Å². The summed E-state index contributed by atoms with van der Waals surface area (Å²) in [6.07, 6.45) is 0. The largest absolute Gasteiger partial charge is 0.452 e. The van der Waals surface area contributed by atoms with Crippen LogP contribution in [-0.4, -0.2) is 10.6 Å². The summed E-state index contributed by atoms with van der Waals surface area (Å²) in [7, 11) is -4.45. The van der Waals surface area contributed by atoms with Crippen LogP contribution in [0.25, 0.3) is 0 Å². The zero-order valence-electron chi connectivity index (χ0n) is 11.2. The number of rotatable bonds is 6. The highest BCUT2D eigenvalue weighted by Gasteiger charge is 2.32. The molecule has 0 amide bonds. The molecule has 0 saturated heterocycles.